The third-order valence-electron chi connectivity index (χ3n) is 5.03. The van der Waals surface area contributed by atoms with Gasteiger partial charge in [-0.2, -0.15) is 8.42 Å². The summed E-state index contributed by atoms with van der Waals surface area (Å²) >= 11 is 0. The summed E-state index contributed by atoms with van der Waals surface area (Å²) in [5.41, 5.74) is 0.429. The summed E-state index contributed by atoms with van der Waals surface area (Å²) in [6.07, 6.45) is 0. The molecule has 1 unspecified atom stereocenters. The summed E-state index contributed by atoms with van der Waals surface area (Å²) in [7, 11) is -4.12. The van der Waals surface area contributed by atoms with Crippen LogP contribution in [0.15, 0.2) is 59.5 Å². The van der Waals surface area contributed by atoms with Crippen LogP contribution in [-0.2, 0) is 19.9 Å². The number of fused-ring (bicyclic) bond motifs is 1. The molecule has 28 heavy (non-hydrogen) atoms. The van der Waals surface area contributed by atoms with Crippen LogP contribution in [0.25, 0.3) is 0 Å². The topological polar surface area (TPSA) is 83.8 Å². The van der Waals surface area contributed by atoms with E-state index >= 15 is 0 Å². The van der Waals surface area contributed by atoms with Gasteiger partial charge in [0.2, 0.25) is 0 Å². The van der Waals surface area contributed by atoms with E-state index in [0.29, 0.717) is 22.3 Å². The third-order valence-corrected chi connectivity index (χ3v) is 6.40. The highest BCUT2D eigenvalue weighted by molar-refractivity contribution is 7.87. The minimum Gasteiger partial charge on any atom is -0.508 e. The summed E-state index contributed by atoms with van der Waals surface area (Å²) in [4.78, 5) is -0.00430. The van der Waals surface area contributed by atoms with Gasteiger partial charge in [0.05, 0.1) is 0 Å². The van der Waals surface area contributed by atoms with E-state index in [9.17, 15) is 23.0 Å². The first-order chi connectivity index (χ1) is 13.2. The van der Waals surface area contributed by atoms with Crippen molar-refractivity contribution in [3.63, 3.8) is 0 Å². The Morgan fingerprint density at radius 3 is 2.29 bits per heavy atom. The quantitative estimate of drug-likeness (QED) is 0.639. The first kappa shape index (κ1) is 18.5. The Labute approximate surface area is 161 Å². The van der Waals surface area contributed by atoms with Crippen LogP contribution in [0.5, 0.6) is 11.5 Å². The summed E-state index contributed by atoms with van der Waals surface area (Å²) in [5.74, 6) is -1.41. The average Bonchev–Trinajstić information content (AvgIpc) is 2.87. The second-order valence-electron chi connectivity index (χ2n) is 6.83. The van der Waals surface area contributed by atoms with Crippen molar-refractivity contribution in [2.45, 2.75) is 24.3 Å². The van der Waals surface area contributed by atoms with Crippen molar-refractivity contribution in [1.29, 1.82) is 0 Å². The van der Waals surface area contributed by atoms with Crippen molar-refractivity contribution in [1.82, 2.24) is 0 Å². The lowest BCUT2D eigenvalue weighted by Gasteiger charge is -2.32. The van der Waals surface area contributed by atoms with E-state index in [-0.39, 0.29) is 16.2 Å². The fourth-order valence-corrected chi connectivity index (χ4v) is 5.26. The predicted octanol–water partition coefficient (Wildman–Crippen LogP) is 3.86. The second-order valence-corrected chi connectivity index (χ2v) is 8.35. The molecule has 1 aliphatic rings. The number of hydrogen-bond donors (Lipinski definition) is 2. The van der Waals surface area contributed by atoms with Crippen LogP contribution in [0, 0.1) is 19.7 Å². The van der Waals surface area contributed by atoms with E-state index in [4.69, 9.17) is 4.18 Å². The molecule has 1 atom stereocenters. The van der Waals surface area contributed by atoms with Crippen molar-refractivity contribution >= 4 is 10.1 Å². The number of benzene rings is 3. The molecule has 5 nitrogen and oxygen atoms in total. The zero-order valence-corrected chi connectivity index (χ0v) is 15.9. The van der Waals surface area contributed by atoms with Crippen LogP contribution in [-0.4, -0.2) is 18.6 Å². The summed E-state index contributed by atoms with van der Waals surface area (Å²) in [6.45, 7) is 3.35. The van der Waals surface area contributed by atoms with Crippen molar-refractivity contribution < 1.29 is 27.2 Å². The van der Waals surface area contributed by atoms with Gasteiger partial charge in [0.1, 0.15) is 10.6 Å². The van der Waals surface area contributed by atoms with Gasteiger partial charge in [0.15, 0.2) is 17.2 Å². The Morgan fingerprint density at radius 2 is 1.57 bits per heavy atom. The molecule has 1 aliphatic heterocycles. The Kier molecular flexibility index (Phi) is 3.99. The number of halogens is 1. The zero-order chi connectivity index (χ0) is 20.3. The number of phenolic OH excluding ortho intramolecular Hbond substituents is 2. The van der Waals surface area contributed by atoms with Crippen LogP contribution in [0.1, 0.15) is 27.8 Å². The standard InChI is InChI=1S/C21H17FO5S/c1-12-9-14(23)7-8-15(12)21(17-11-18(22)19(24)10-13(17)2)16-5-3-4-6-20(16)28(25,26)27-21/h3-11,23-24H,1-2H3/i22-1. The highest BCUT2D eigenvalue weighted by Gasteiger charge is 2.52. The van der Waals surface area contributed by atoms with Crippen LogP contribution < -0.4 is 0 Å². The molecule has 144 valence electrons. The number of aromatic hydroxyl groups is 2. The molecular weight excluding hydrogens is 382 g/mol. The van der Waals surface area contributed by atoms with E-state index in [1.54, 1.807) is 38.1 Å². The smallest absolute Gasteiger partial charge is 0.298 e. The molecule has 0 bridgehead atoms. The first-order valence-corrected chi connectivity index (χ1v) is 9.92. The van der Waals surface area contributed by atoms with Gasteiger partial charge in [0, 0.05) is 11.1 Å². The monoisotopic (exact) mass is 399 g/mol. The molecule has 0 fully saturated rings. The minimum absolute atomic E-state index is 0.00430. The molecule has 4 rings (SSSR count). The second kappa shape index (κ2) is 6.05. The van der Waals surface area contributed by atoms with Gasteiger partial charge < -0.3 is 10.2 Å². The minimum atomic E-state index is -4.12. The van der Waals surface area contributed by atoms with E-state index in [2.05, 4.69) is 0 Å². The normalized spacial score (nSPS) is 20.1. The molecule has 1 heterocycles. The molecule has 0 aromatic heterocycles. The first-order valence-electron chi connectivity index (χ1n) is 8.51. The van der Waals surface area contributed by atoms with Gasteiger partial charge in [-0.15, -0.1) is 0 Å². The van der Waals surface area contributed by atoms with Crippen molar-refractivity contribution in [3.8, 4) is 11.5 Å². The number of rotatable bonds is 2. The third kappa shape index (κ3) is 2.51. The largest absolute Gasteiger partial charge is 0.508 e. The molecule has 0 saturated carbocycles. The maximum Gasteiger partial charge on any atom is 0.298 e. The van der Waals surface area contributed by atoms with Gasteiger partial charge in [-0.25, -0.2) is 8.57 Å². The van der Waals surface area contributed by atoms with Crippen LogP contribution in [0.3, 0.4) is 0 Å². The highest BCUT2D eigenvalue weighted by Crippen LogP contribution is 2.52. The van der Waals surface area contributed by atoms with Gasteiger partial charge in [-0.05, 0) is 60.9 Å². The summed E-state index contributed by atoms with van der Waals surface area (Å²) in [6, 6.07) is 13.1. The number of hydrogen-bond acceptors (Lipinski definition) is 5. The van der Waals surface area contributed by atoms with E-state index in [0.717, 1.165) is 6.07 Å². The molecule has 0 aliphatic carbocycles. The van der Waals surface area contributed by atoms with E-state index < -0.39 is 27.3 Å². The highest BCUT2D eigenvalue weighted by atomic mass is 32.2. The summed E-state index contributed by atoms with van der Waals surface area (Å²) < 4.78 is 45.7. The molecule has 3 aromatic carbocycles. The van der Waals surface area contributed by atoms with Gasteiger partial charge in [-0.3, -0.25) is 0 Å². The van der Waals surface area contributed by atoms with E-state index in [1.807, 2.05) is 0 Å². The average molecular weight is 399 g/mol. The lowest BCUT2D eigenvalue weighted by molar-refractivity contribution is 0.178. The molecule has 0 saturated heterocycles. The SMILES string of the molecule is Cc1cc(O)ccc1C1(c2cc([18F])c(O)cc2C)OS(=O)(=O)c2ccccc21. The fraction of sp³-hybridized carbons (Fsp3) is 0.143. The van der Waals surface area contributed by atoms with Crippen LogP contribution in [0.2, 0.25) is 0 Å². The van der Waals surface area contributed by atoms with Crippen LogP contribution in [0.4, 0.5) is 4.39 Å². The van der Waals surface area contributed by atoms with Gasteiger partial charge in [-0.1, -0.05) is 24.3 Å². The van der Waals surface area contributed by atoms with Crippen molar-refractivity contribution in [2.24, 2.45) is 0 Å². The van der Waals surface area contributed by atoms with Crippen LogP contribution >= 0.6 is 0 Å². The number of phenols is 2. The predicted molar refractivity (Wildman–Crippen MR) is 100 cm³/mol. The van der Waals surface area contributed by atoms with Crippen molar-refractivity contribution in [2.75, 3.05) is 0 Å². The Morgan fingerprint density at radius 1 is 0.893 bits per heavy atom. The van der Waals surface area contributed by atoms with E-state index in [1.165, 1.54) is 24.3 Å². The maximum absolute atomic E-state index is 14.3. The Balaban J connectivity index is 2.18. The Hall–Kier alpha value is -2.90. The number of aryl methyl sites for hydroxylation is 2. The van der Waals surface area contributed by atoms with Crippen molar-refractivity contribution in [3.05, 3.63) is 88.2 Å². The fourth-order valence-electron chi connectivity index (χ4n) is 3.84. The maximum atomic E-state index is 14.3. The molecule has 0 spiro atoms. The zero-order valence-electron chi connectivity index (χ0n) is 15.1. The molecular formula is C21H17FO5S. The Bertz CT molecular complexity index is 1220. The molecule has 2 N–H and O–H groups in total. The summed E-state index contributed by atoms with van der Waals surface area (Å²) in [5, 5.41) is 19.6. The lowest BCUT2D eigenvalue weighted by Crippen LogP contribution is -2.31. The molecule has 7 heteroatoms. The van der Waals surface area contributed by atoms with Gasteiger partial charge in [0.25, 0.3) is 10.1 Å². The molecule has 0 radical (unpaired) electrons. The van der Waals surface area contributed by atoms with Gasteiger partial charge >= 0.3 is 0 Å². The lowest BCUT2D eigenvalue weighted by atomic mass is 9.77. The molecule has 3 aromatic rings. The molecule has 0 amide bonds.